The molecule has 1 saturated carbocycles. The number of para-hydroxylation sites is 2. The van der Waals surface area contributed by atoms with E-state index in [1.165, 1.54) is 32.1 Å². The highest BCUT2D eigenvalue weighted by Gasteiger charge is 2.14. The molecule has 1 amide bonds. The van der Waals surface area contributed by atoms with Crippen LogP contribution in [0.15, 0.2) is 48.5 Å². The molecule has 0 bridgehead atoms. The van der Waals surface area contributed by atoms with Crippen LogP contribution in [0.5, 0.6) is 0 Å². The zero-order chi connectivity index (χ0) is 19.3. The number of amides is 1. The van der Waals surface area contributed by atoms with E-state index in [-0.39, 0.29) is 12.5 Å². The lowest BCUT2D eigenvalue weighted by atomic mass is 9.95. The van der Waals surface area contributed by atoms with E-state index in [4.69, 9.17) is 0 Å². The van der Waals surface area contributed by atoms with Gasteiger partial charge in [-0.2, -0.15) is 0 Å². The van der Waals surface area contributed by atoms with Crippen molar-refractivity contribution in [3.63, 3.8) is 0 Å². The number of benzene rings is 2. The van der Waals surface area contributed by atoms with E-state index in [0.717, 1.165) is 34.7 Å². The molecule has 3 aromatic rings. The summed E-state index contributed by atoms with van der Waals surface area (Å²) in [5.41, 5.74) is 3.88. The van der Waals surface area contributed by atoms with Crippen molar-refractivity contribution in [3.8, 4) is 0 Å². The molecule has 146 valence electrons. The van der Waals surface area contributed by atoms with Gasteiger partial charge in [0.15, 0.2) is 0 Å². The molecule has 1 aliphatic carbocycles. The zero-order valence-corrected chi connectivity index (χ0v) is 16.4. The number of rotatable bonds is 6. The molecule has 1 heterocycles. The minimum atomic E-state index is -0.0363. The number of imidazole rings is 1. The van der Waals surface area contributed by atoms with Gasteiger partial charge in [0, 0.05) is 23.8 Å². The molecular formula is C23H28N4O. The number of aromatic nitrogens is 2. The molecule has 1 aliphatic rings. The summed E-state index contributed by atoms with van der Waals surface area (Å²) in [6, 6.07) is 16.6. The van der Waals surface area contributed by atoms with Crippen LogP contribution in [0.25, 0.3) is 11.0 Å². The fraction of sp³-hybridized carbons (Fsp3) is 0.391. The third-order valence-corrected chi connectivity index (χ3v) is 5.50. The van der Waals surface area contributed by atoms with Crippen LogP contribution in [0, 0.1) is 0 Å². The second-order valence-electron chi connectivity index (χ2n) is 7.56. The quantitative estimate of drug-likeness (QED) is 0.638. The summed E-state index contributed by atoms with van der Waals surface area (Å²) >= 11 is 0. The van der Waals surface area contributed by atoms with Crippen LogP contribution in [0.4, 0.5) is 11.4 Å². The van der Waals surface area contributed by atoms with Crippen molar-refractivity contribution in [1.82, 2.24) is 9.55 Å². The van der Waals surface area contributed by atoms with Crippen LogP contribution in [-0.4, -0.2) is 21.5 Å². The van der Waals surface area contributed by atoms with Crippen LogP contribution in [-0.2, 0) is 17.8 Å². The predicted octanol–water partition coefficient (Wildman–Crippen LogP) is 4.98. The Morgan fingerprint density at radius 2 is 1.75 bits per heavy atom. The van der Waals surface area contributed by atoms with Crippen LogP contribution in [0.1, 0.15) is 44.9 Å². The van der Waals surface area contributed by atoms with Crippen molar-refractivity contribution in [2.75, 3.05) is 10.6 Å². The van der Waals surface area contributed by atoms with Gasteiger partial charge in [-0.3, -0.25) is 4.79 Å². The Labute approximate surface area is 166 Å². The second-order valence-corrected chi connectivity index (χ2v) is 7.56. The first-order chi connectivity index (χ1) is 13.7. The highest BCUT2D eigenvalue weighted by molar-refractivity contribution is 5.92. The fourth-order valence-electron chi connectivity index (χ4n) is 4.05. The summed E-state index contributed by atoms with van der Waals surface area (Å²) in [4.78, 5) is 17.3. The maximum absolute atomic E-state index is 12.6. The molecule has 0 aliphatic heterocycles. The van der Waals surface area contributed by atoms with Gasteiger partial charge >= 0.3 is 0 Å². The van der Waals surface area contributed by atoms with Crippen molar-refractivity contribution < 1.29 is 4.79 Å². The van der Waals surface area contributed by atoms with Crippen molar-refractivity contribution in [1.29, 1.82) is 0 Å². The summed E-state index contributed by atoms with van der Waals surface area (Å²) < 4.78 is 2.00. The van der Waals surface area contributed by atoms with Crippen LogP contribution >= 0.6 is 0 Å². The second kappa shape index (κ2) is 8.46. The summed E-state index contributed by atoms with van der Waals surface area (Å²) in [6.45, 7) is 2.33. The van der Waals surface area contributed by atoms with Crippen LogP contribution in [0.2, 0.25) is 0 Å². The molecule has 2 aromatic carbocycles. The van der Waals surface area contributed by atoms with E-state index in [0.29, 0.717) is 6.04 Å². The first-order valence-electron chi connectivity index (χ1n) is 10.3. The average Bonchev–Trinajstić information content (AvgIpc) is 3.08. The highest BCUT2D eigenvalue weighted by atomic mass is 16.1. The summed E-state index contributed by atoms with van der Waals surface area (Å²) in [7, 11) is 0. The first kappa shape index (κ1) is 18.5. The van der Waals surface area contributed by atoms with E-state index >= 15 is 0 Å². The van der Waals surface area contributed by atoms with Gasteiger partial charge in [0.05, 0.1) is 11.0 Å². The van der Waals surface area contributed by atoms with Crippen molar-refractivity contribution in [3.05, 3.63) is 54.4 Å². The molecule has 4 rings (SSSR count). The van der Waals surface area contributed by atoms with E-state index < -0.39 is 0 Å². The molecule has 28 heavy (non-hydrogen) atoms. The molecule has 5 nitrogen and oxygen atoms in total. The standard InChI is InChI=1S/C23H28N4O/c1-2-22-26-20-10-6-7-11-21(20)27(22)16-23(28)25-19-14-12-18(13-15-19)24-17-8-4-3-5-9-17/h6-7,10-15,17,24H,2-5,8-9,16H2,1H3,(H,25,28). The molecule has 2 N–H and O–H groups in total. The molecule has 0 atom stereocenters. The average molecular weight is 377 g/mol. The van der Waals surface area contributed by atoms with Crippen molar-refractivity contribution >= 4 is 28.3 Å². The van der Waals surface area contributed by atoms with Gasteiger partial charge in [0.1, 0.15) is 12.4 Å². The Morgan fingerprint density at radius 3 is 2.50 bits per heavy atom. The number of fused-ring (bicyclic) bond motifs is 1. The maximum Gasteiger partial charge on any atom is 0.244 e. The zero-order valence-electron chi connectivity index (χ0n) is 16.4. The molecule has 0 radical (unpaired) electrons. The number of carbonyl (C=O) groups is 1. The topological polar surface area (TPSA) is 59.0 Å². The fourth-order valence-corrected chi connectivity index (χ4v) is 4.05. The molecule has 0 unspecified atom stereocenters. The minimum absolute atomic E-state index is 0.0363. The Bertz CT molecular complexity index is 939. The lowest BCUT2D eigenvalue weighted by molar-refractivity contribution is -0.116. The Kier molecular flexibility index (Phi) is 5.60. The van der Waals surface area contributed by atoms with Gasteiger partial charge in [-0.25, -0.2) is 4.98 Å². The Balaban J connectivity index is 1.40. The Morgan fingerprint density at radius 1 is 1.04 bits per heavy atom. The van der Waals surface area contributed by atoms with Gasteiger partial charge in [0.25, 0.3) is 0 Å². The number of nitrogens with one attached hydrogen (secondary N) is 2. The van der Waals surface area contributed by atoms with Crippen molar-refractivity contribution in [2.24, 2.45) is 0 Å². The van der Waals surface area contributed by atoms with E-state index in [2.05, 4.69) is 22.5 Å². The molecule has 0 spiro atoms. The van der Waals surface area contributed by atoms with Crippen LogP contribution in [0.3, 0.4) is 0 Å². The van der Waals surface area contributed by atoms with Gasteiger partial charge in [0.2, 0.25) is 5.91 Å². The number of aryl methyl sites for hydroxylation is 1. The molecule has 5 heteroatoms. The lowest BCUT2D eigenvalue weighted by Gasteiger charge is -2.23. The van der Waals surface area contributed by atoms with E-state index in [1.54, 1.807) is 0 Å². The largest absolute Gasteiger partial charge is 0.382 e. The Hall–Kier alpha value is -2.82. The third-order valence-electron chi connectivity index (χ3n) is 5.50. The normalized spacial score (nSPS) is 14.9. The number of carbonyl (C=O) groups excluding carboxylic acids is 1. The number of nitrogens with zero attached hydrogens (tertiary/aromatic N) is 2. The van der Waals surface area contributed by atoms with Crippen LogP contribution < -0.4 is 10.6 Å². The van der Waals surface area contributed by atoms with Gasteiger partial charge in [-0.05, 0) is 49.2 Å². The van der Waals surface area contributed by atoms with Crippen molar-refractivity contribution in [2.45, 2.75) is 58.0 Å². The van der Waals surface area contributed by atoms with E-state index in [1.807, 2.05) is 53.1 Å². The lowest BCUT2D eigenvalue weighted by Crippen LogP contribution is -2.22. The van der Waals surface area contributed by atoms with Gasteiger partial charge in [-0.15, -0.1) is 0 Å². The smallest absolute Gasteiger partial charge is 0.244 e. The molecule has 1 fully saturated rings. The van der Waals surface area contributed by atoms with Gasteiger partial charge < -0.3 is 15.2 Å². The van der Waals surface area contributed by atoms with Gasteiger partial charge in [-0.1, -0.05) is 38.3 Å². The summed E-state index contributed by atoms with van der Waals surface area (Å²) in [6.07, 6.45) is 7.27. The molecule has 1 aromatic heterocycles. The number of hydrogen-bond acceptors (Lipinski definition) is 3. The third kappa shape index (κ3) is 4.19. The monoisotopic (exact) mass is 376 g/mol. The summed E-state index contributed by atoms with van der Waals surface area (Å²) in [5, 5.41) is 6.62. The predicted molar refractivity (Wildman–Crippen MR) is 115 cm³/mol. The highest BCUT2D eigenvalue weighted by Crippen LogP contribution is 2.23. The first-order valence-corrected chi connectivity index (χ1v) is 10.3. The number of anilines is 2. The SMILES string of the molecule is CCc1nc2ccccc2n1CC(=O)Nc1ccc(NC2CCCCC2)cc1. The maximum atomic E-state index is 12.6. The molecule has 0 saturated heterocycles. The summed E-state index contributed by atoms with van der Waals surface area (Å²) in [5.74, 6) is 0.897. The van der Waals surface area contributed by atoms with E-state index in [9.17, 15) is 4.79 Å². The molecular weight excluding hydrogens is 348 g/mol. The minimum Gasteiger partial charge on any atom is -0.382 e. The number of hydrogen-bond donors (Lipinski definition) is 2.